The van der Waals surface area contributed by atoms with Crippen LogP contribution in [0.25, 0.3) is 11.0 Å². The fourth-order valence-corrected chi connectivity index (χ4v) is 4.37. The highest BCUT2D eigenvalue weighted by molar-refractivity contribution is 5.78. The molecular formula is C20H20F2N4. The Balaban J connectivity index is 1.34. The minimum atomic E-state index is -0.525. The summed E-state index contributed by atoms with van der Waals surface area (Å²) in [6.07, 6.45) is 1.13. The molecule has 134 valence electrons. The Morgan fingerprint density at radius 2 is 1.85 bits per heavy atom. The molecule has 3 aliphatic heterocycles. The molecule has 2 bridgehead atoms. The summed E-state index contributed by atoms with van der Waals surface area (Å²) in [6, 6.07) is 12.8. The summed E-state index contributed by atoms with van der Waals surface area (Å²) in [5.41, 5.74) is 2.71. The lowest BCUT2D eigenvalue weighted by Gasteiger charge is -2.56. The first-order chi connectivity index (χ1) is 12.6. The molecule has 6 rings (SSSR count). The first-order valence-corrected chi connectivity index (χ1v) is 8.96. The van der Waals surface area contributed by atoms with Gasteiger partial charge in [-0.15, -0.1) is 0 Å². The highest BCUT2D eigenvalue weighted by Crippen LogP contribution is 2.36. The first kappa shape index (κ1) is 15.8. The average Bonchev–Trinajstić information content (AvgIpc) is 2.98. The number of hydrogen-bond donors (Lipinski definition) is 0. The lowest BCUT2D eigenvalue weighted by Crippen LogP contribution is -2.68. The van der Waals surface area contributed by atoms with E-state index in [9.17, 15) is 8.78 Å². The van der Waals surface area contributed by atoms with Crippen LogP contribution in [0.2, 0.25) is 0 Å². The van der Waals surface area contributed by atoms with Gasteiger partial charge >= 0.3 is 0 Å². The normalized spacial score (nSPS) is 22.7. The van der Waals surface area contributed by atoms with Crippen molar-refractivity contribution in [1.82, 2.24) is 14.5 Å². The molecular weight excluding hydrogens is 334 g/mol. The number of nitrogens with zero attached hydrogens (tertiary/aromatic N) is 4. The summed E-state index contributed by atoms with van der Waals surface area (Å²) in [4.78, 5) is 9.45. The van der Waals surface area contributed by atoms with Gasteiger partial charge in [0.05, 0.1) is 11.0 Å². The van der Waals surface area contributed by atoms with Gasteiger partial charge in [-0.2, -0.15) is 0 Å². The molecule has 1 aromatic heterocycles. The van der Waals surface area contributed by atoms with Gasteiger partial charge in [0.15, 0.2) is 0 Å². The second kappa shape index (κ2) is 5.77. The van der Waals surface area contributed by atoms with E-state index >= 15 is 0 Å². The molecule has 0 spiro atoms. The Morgan fingerprint density at radius 1 is 1.08 bits per heavy atom. The largest absolute Gasteiger partial charge is 0.339 e. The lowest BCUT2D eigenvalue weighted by molar-refractivity contribution is -0.00987. The number of hydrogen-bond acceptors (Lipinski definition) is 3. The van der Waals surface area contributed by atoms with Crippen molar-refractivity contribution in [2.45, 2.75) is 25.0 Å². The minimum Gasteiger partial charge on any atom is -0.339 e. The zero-order chi connectivity index (χ0) is 17.8. The third-order valence-corrected chi connectivity index (χ3v) is 5.76. The molecule has 26 heavy (non-hydrogen) atoms. The van der Waals surface area contributed by atoms with Gasteiger partial charge in [-0.3, -0.25) is 4.90 Å². The van der Waals surface area contributed by atoms with Gasteiger partial charge in [-0.05, 0) is 24.6 Å². The van der Waals surface area contributed by atoms with Gasteiger partial charge in [-0.25, -0.2) is 13.8 Å². The number of imidazole rings is 1. The first-order valence-electron chi connectivity index (χ1n) is 8.96. The molecule has 4 nitrogen and oxygen atoms in total. The minimum absolute atomic E-state index is 0.387. The van der Waals surface area contributed by atoms with E-state index in [4.69, 9.17) is 4.98 Å². The molecule has 3 fully saturated rings. The summed E-state index contributed by atoms with van der Waals surface area (Å²) in [5.74, 6) is 0.0128. The van der Waals surface area contributed by atoms with Crippen LogP contribution in [0.15, 0.2) is 42.5 Å². The van der Waals surface area contributed by atoms with Crippen molar-refractivity contribution in [3.63, 3.8) is 0 Å². The van der Waals surface area contributed by atoms with Crippen molar-refractivity contribution < 1.29 is 8.78 Å². The maximum atomic E-state index is 14.0. The highest BCUT2D eigenvalue weighted by atomic mass is 19.1. The molecule has 4 heterocycles. The van der Waals surface area contributed by atoms with Crippen LogP contribution in [0.3, 0.4) is 0 Å². The van der Waals surface area contributed by atoms with E-state index in [1.165, 1.54) is 6.07 Å². The van der Waals surface area contributed by atoms with Crippen molar-refractivity contribution in [3.8, 4) is 0 Å². The number of aryl methyl sites for hydroxylation is 1. The number of aromatic nitrogens is 2. The summed E-state index contributed by atoms with van der Waals surface area (Å²) >= 11 is 0. The van der Waals surface area contributed by atoms with E-state index in [0.717, 1.165) is 42.6 Å². The lowest BCUT2D eigenvalue weighted by atomic mass is 9.87. The predicted octanol–water partition coefficient (Wildman–Crippen LogP) is 3.31. The van der Waals surface area contributed by atoms with Crippen LogP contribution in [-0.4, -0.2) is 39.6 Å². The number of fused-ring (bicyclic) bond motifs is 3. The topological polar surface area (TPSA) is 24.3 Å². The van der Waals surface area contributed by atoms with Gasteiger partial charge in [0.2, 0.25) is 5.95 Å². The van der Waals surface area contributed by atoms with Crippen molar-refractivity contribution in [1.29, 1.82) is 0 Å². The summed E-state index contributed by atoms with van der Waals surface area (Å²) in [6.45, 7) is 2.31. The Bertz CT molecular complexity index is 971. The molecule has 3 aromatic rings. The molecule has 3 saturated heterocycles. The van der Waals surface area contributed by atoms with E-state index in [-0.39, 0.29) is 0 Å². The van der Waals surface area contributed by atoms with Crippen LogP contribution in [0, 0.1) is 11.6 Å². The Kier molecular flexibility index (Phi) is 3.50. The number of piperidine rings is 1. The number of benzene rings is 2. The molecule has 0 amide bonds. The second-order valence-electron chi connectivity index (χ2n) is 7.32. The maximum absolute atomic E-state index is 14.0. The quantitative estimate of drug-likeness (QED) is 0.721. The number of anilines is 1. The SMILES string of the molecule is Cn1c(N2CC3CC(C2)N3Cc2ccc(F)cc2F)nc2ccccc21. The van der Waals surface area contributed by atoms with Crippen LogP contribution in [-0.2, 0) is 13.6 Å². The zero-order valence-corrected chi connectivity index (χ0v) is 14.6. The van der Waals surface area contributed by atoms with Gasteiger partial charge < -0.3 is 9.47 Å². The van der Waals surface area contributed by atoms with Crippen molar-refractivity contribution in [3.05, 3.63) is 59.7 Å². The summed E-state index contributed by atoms with van der Waals surface area (Å²) < 4.78 is 29.2. The molecule has 0 aliphatic carbocycles. The van der Waals surface area contributed by atoms with E-state index in [2.05, 4.69) is 27.5 Å². The second-order valence-corrected chi connectivity index (χ2v) is 7.32. The molecule has 2 atom stereocenters. The third kappa shape index (κ3) is 2.40. The molecule has 0 saturated carbocycles. The van der Waals surface area contributed by atoms with E-state index in [1.54, 1.807) is 6.07 Å². The maximum Gasteiger partial charge on any atom is 0.206 e. The number of piperazine rings is 1. The standard InChI is InChI=1S/C20H20F2N4/c1-24-19-5-3-2-4-18(19)23-20(24)25-11-15-9-16(12-25)26(15)10-13-6-7-14(21)8-17(13)22/h2-8,15-16H,9-12H2,1H3. The molecule has 3 aliphatic rings. The zero-order valence-electron chi connectivity index (χ0n) is 14.6. The van der Waals surface area contributed by atoms with Crippen LogP contribution >= 0.6 is 0 Å². The fourth-order valence-electron chi connectivity index (χ4n) is 4.37. The number of halogens is 2. The summed E-state index contributed by atoms with van der Waals surface area (Å²) in [5, 5.41) is 0. The molecule has 2 unspecified atom stereocenters. The fraction of sp³-hybridized carbons (Fsp3) is 0.350. The van der Waals surface area contributed by atoms with Gasteiger partial charge in [0, 0.05) is 50.4 Å². The van der Waals surface area contributed by atoms with Crippen LogP contribution in [0.4, 0.5) is 14.7 Å². The number of para-hydroxylation sites is 2. The Morgan fingerprint density at radius 3 is 2.58 bits per heavy atom. The van der Waals surface area contributed by atoms with E-state index in [0.29, 0.717) is 24.2 Å². The van der Waals surface area contributed by atoms with Gasteiger partial charge in [0.1, 0.15) is 11.6 Å². The molecule has 2 aromatic carbocycles. The van der Waals surface area contributed by atoms with Crippen LogP contribution in [0.5, 0.6) is 0 Å². The van der Waals surface area contributed by atoms with E-state index in [1.807, 2.05) is 18.2 Å². The smallest absolute Gasteiger partial charge is 0.206 e. The average molecular weight is 354 g/mol. The predicted molar refractivity (Wildman–Crippen MR) is 97.0 cm³/mol. The van der Waals surface area contributed by atoms with Crippen molar-refractivity contribution >= 4 is 17.0 Å². The monoisotopic (exact) mass is 354 g/mol. The Labute approximate surface area is 150 Å². The third-order valence-electron chi connectivity index (χ3n) is 5.76. The molecule has 6 heteroatoms. The van der Waals surface area contributed by atoms with Gasteiger partial charge in [0.25, 0.3) is 0 Å². The Hall–Kier alpha value is -2.47. The van der Waals surface area contributed by atoms with Crippen LogP contribution < -0.4 is 4.90 Å². The summed E-state index contributed by atoms with van der Waals surface area (Å²) in [7, 11) is 2.05. The highest BCUT2D eigenvalue weighted by Gasteiger charge is 2.45. The molecule has 0 N–H and O–H groups in total. The van der Waals surface area contributed by atoms with Crippen LogP contribution in [0.1, 0.15) is 12.0 Å². The number of rotatable bonds is 3. The van der Waals surface area contributed by atoms with Crippen molar-refractivity contribution in [2.24, 2.45) is 7.05 Å². The van der Waals surface area contributed by atoms with Gasteiger partial charge in [-0.1, -0.05) is 18.2 Å². The molecule has 0 radical (unpaired) electrons. The van der Waals surface area contributed by atoms with E-state index < -0.39 is 11.6 Å². The van der Waals surface area contributed by atoms with Crippen molar-refractivity contribution in [2.75, 3.05) is 18.0 Å².